The lowest BCUT2D eigenvalue weighted by atomic mass is 10.1. The van der Waals surface area contributed by atoms with Crippen molar-refractivity contribution in [1.82, 2.24) is 19.3 Å². The number of benzene rings is 1. The summed E-state index contributed by atoms with van der Waals surface area (Å²) in [7, 11) is 0. The van der Waals surface area contributed by atoms with Gasteiger partial charge in [-0.2, -0.15) is 0 Å². The molecular weight excluding hydrogens is 408 g/mol. The van der Waals surface area contributed by atoms with Gasteiger partial charge in [0.25, 0.3) is 0 Å². The van der Waals surface area contributed by atoms with E-state index in [-0.39, 0.29) is 5.91 Å². The van der Waals surface area contributed by atoms with E-state index in [1.807, 2.05) is 40.9 Å². The fourth-order valence-corrected chi connectivity index (χ4v) is 3.66. The van der Waals surface area contributed by atoms with Crippen LogP contribution in [-0.4, -0.2) is 25.2 Å². The maximum Gasteiger partial charge on any atom is 0.247 e. The zero-order valence-corrected chi connectivity index (χ0v) is 18.0. The second-order valence-corrected chi connectivity index (χ2v) is 7.63. The zero-order valence-electron chi connectivity index (χ0n) is 17.3. The monoisotopic (exact) mass is 430 g/mol. The Hall–Kier alpha value is -3.44. The van der Waals surface area contributed by atoms with Crippen LogP contribution in [0.25, 0.3) is 11.7 Å². The predicted molar refractivity (Wildman–Crippen MR) is 124 cm³/mol. The van der Waals surface area contributed by atoms with Crippen molar-refractivity contribution in [2.24, 2.45) is 0 Å². The normalized spacial score (nSPS) is 11.3. The Morgan fingerprint density at radius 2 is 1.81 bits per heavy atom. The van der Waals surface area contributed by atoms with Crippen molar-refractivity contribution in [1.29, 1.82) is 0 Å². The highest BCUT2D eigenvalue weighted by molar-refractivity contribution is 6.31. The number of aromatic nitrogens is 3. The predicted octanol–water partition coefficient (Wildman–Crippen LogP) is 5.19. The van der Waals surface area contributed by atoms with E-state index in [1.165, 1.54) is 5.56 Å². The Morgan fingerprint density at radius 1 is 1.03 bits per heavy atom. The number of carbonyl (C=O) groups is 1. The Bertz CT molecular complexity index is 1200. The lowest BCUT2D eigenvalue weighted by molar-refractivity contribution is -0.127. The topological polar surface area (TPSA) is 50.5 Å². The number of hydrogen-bond donors (Lipinski definition) is 0. The maximum atomic E-state index is 13.2. The van der Waals surface area contributed by atoms with Crippen LogP contribution in [0.2, 0.25) is 5.15 Å². The van der Waals surface area contributed by atoms with E-state index >= 15 is 0 Å². The van der Waals surface area contributed by atoms with E-state index < -0.39 is 0 Å². The van der Waals surface area contributed by atoms with Gasteiger partial charge in [-0.25, -0.2) is 4.98 Å². The van der Waals surface area contributed by atoms with E-state index in [4.69, 9.17) is 11.6 Å². The van der Waals surface area contributed by atoms with Crippen molar-refractivity contribution in [3.63, 3.8) is 0 Å². The molecule has 0 aliphatic carbocycles. The summed E-state index contributed by atoms with van der Waals surface area (Å²) in [5.74, 6) is -0.106. The van der Waals surface area contributed by atoms with Gasteiger partial charge >= 0.3 is 0 Å². The highest BCUT2D eigenvalue weighted by Gasteiger charge is 2.14. The molecule has 1 amide bonds. The van der Waals surface area contributed by atoms with Crippen molar-refractivity contribution in [3.05, 3.63) is 107 Å². The van der Waals surface area contributed by atoms with E-state index in [2.05, 4.69) is 41.2 Å². The van der Waals surface area contributed by atoms with Gasteiger partial charge in [-0.15, -0.1) is 0 Å². The first-order valence-electron chi connectivity index (χ1n) is 10.2. The number of pyridine rings is 2. The summed E-state index contributed by atoms with van der Waals surface area (Å²) < 4.78 is 1.86. The Labute approximate surface area is 186 Å². The van der Waals surface area contributed by atoms with Gasteiger partial charge in [0.05, 0.1) is 5.69 Å². The number of rotatable bonds is 7. The van der Waals surface area contributed by atoms with Crippen molar-refractivity contribution < 1.29 is 4.79 Å². The van der Waals surface area contributed by atoms with Crippen LogP contribution in [0.1, 0.15) is 29.3 Å². The Morgan fingerprint density at radius 3 is 2.55 bits per heavy atom. The van der Waals surface area contributed by atoms with E-state index in [1.54, 1.807) is 29.4 Å². The van der Waals surface area contributed by atoms with E-state index in [9.17, 15) is 4.79 Å². The summed E-state index contributed by atoms with van der Waals surface area (Å²) in [6, 6.07) is 17.9. The largest absolute Gasteiger partial charge is 0.330 e. The minimum Gasteiger partial charge on any atom is -0.330 e. The van der Waals surface area contributed by atoms with Crippen LogP contribution in [0.5, 0.6) is 0 Å². The van der Waals surface area contributed by atoms with Crippen LogP contribution >= 0.6 is 11.6 Å². The molecule has 0 spiro atoms. The molecule has 4 aromatic rings. The average Bonchev–Trinajstić information content (AvgIpc) is 3.13. The number of imidazole rings is 1. The summed E-state index contributed by atoms with van der Waals surface area (Å²) in [5, 5.41) is 0.365. The molecule has 0 unspecified atom stereocenters. The Balaban J connectivity index is 1.59. The van der Waals surface area contributed by atoms with Gasteiger partial charge in [0, 0.05) is 37.8 Å². The third-order valence-corrected chi connectivity index (χ3v) is 5.40. The van der Waals surface area contributed by atoms with Gasteiger partial charge < -0.3 is 4.90 Å². The highest BCUT2D eigenvalue weighted by atomic mass is 35.5. The van der Waals surface area contributed by atoms with Crippen molar-refractivity contribution in [2.75, 3.05) is 0 Å². The molecule has 0 bridgehead atoms. The molecule has 156 valence electrons. The summed E-state index contributed by atoms with van der Waals surface area (Å²) in [4.78, 5) is 23.5. The molecule has 0 atom stereocenters. The lowest BCUT2D eigenvalue weighted by Gasteiger charge is -2.21. The standard InChI is InChI=1S/C25H23ClN4O/c1-2-19-8-10-20(11-9-19)17-29(18-21-6-5-14-27-16-21)24(31)13-12-22-25(26)28-23-7-3-4-15-30(22)23/h3-16H,2,17-18H2,1H3/b13-12+. The maximum absolute atomic E-state index is 13.2. The fourth-order valence-electron chi connectivity index (χ4n) is 3.42. The molecule has 0 aliphatic rings. The Kier molecular flexibility index (Phi) is 6.43. The van der Waals surface area contributed by atoms with Gasteiger partial charge in [0.1, 0.15) is 5.65 Å². The molecule has 5 nitrogen and oxygen atoms in total. The second kappa shape index (κ2) is 9.58. The van der Waals surface area contributed by atoms with Crippen LogP contribution in [0.4, 0.5) is 0 Å². The number of nitrogens with zero attached hydrogens (tertiary/aromatic N) is 4. The minimum absolute atomic E-state index is 0.106. The summed E-state index contributed by atoms with van der Waals surface area (Å²) >= 11 is 6.30. The molecule has 0 fully saturated rings. The third kappa shape index (κ3) is 5.01. The molecule has 0 aliphatic heterocycles. The van der Waals surface area contributed by atoms with Crippen LogP contribution < -0.4 is 0 Å². The first kappa shape index (κ1) is 20.8. The quantitative estimate of drug-likeness (QED) is 0.379. The van der Waals surface area contributed by atoms with Crippen LogP contribution in [0.3, 0.4) is 0 Å². The number of aryl methyl sites for hydroxylation is 1. The van der Waals surface area contributed by atoms with Crippen molar-refractivity contribution in [2.45, 2.75) is 26.4 Å². The first-order chi connectivity index (χ1) is 15.1. The van der Waals surface area contributed by atoms with Crippen molar-refractivity contribution >= 4 is 29.2 Å². The minimum atomic E-state index is -0.106. The molecule has 0 saturated heterocycles. The fraction of sp³-hybridized carbons (Fsp3) is 0.160. The molecular formula is C25H23ClN4O. The number of carbonyl (C=O) groups excluding carboxylic acids is 1. The summed E-state index contributed by atoms with van der Waals surface area (Å²) in [5.41, 5.74) is 4.75. The van der Waals surface area contributed by atoms with Gasteiger partial charge in [0.15, 0.2) is 5.15 Å². The van der Waals surface area contributed by atoms with Crippen LogP contribution in [0, 0.1) is 0 Å². The van der Waals surface area contributed by atoms with Crippen LogP contribution in [-0.2, 0) is 24.3 Å². The highest BCUT2D eigenvalue weighted by Crippen LogP contribution is 2.19. The zero-order chi connectivity index (χ0) is 21.6. The summed E-state index contributed by atoms with van der Waals surface area (Å²) in [6.45, 7) is 3.10. The number of hydrogen-bond acceptors (Lipinski definition) is 3. The second-order valence-electron chi connectivity index (χ2n) is 7.28. The molecule has 0 radical (unpaired) electrons. The molecule has 0 N–H and O–H groups in total. The molecule has 1 aromatic carbocycles. The molecule has 6 heteroatoms. The van der Waals surface area contributed by atoms with Crippen LogP contribution in [0.15, 0.2) is 79.3 Å². The lowest BCUT2D eigenvalue weighted by Crippen LogP contribution is -2.28. The van der Waals surface area contributed by atoms with Gasteiger partial charge in [0.2, 0.25) is 5.91 Å². The van der Waals surface area contributed by atoms with E-state index in [0.717, 1.165) is 23.2 Å². The molecule has 31 heavy (non-hydrogen) atoms. The average molecular weight is 431 g/mol. The molecule has 3 aromatic heterocycles. The third-order valence-electron chi connectivity index (χ3n) is 5.12. The van der Waals surface area contributed by atoms with E-state index in [0.29, 0.717) is 23.9 Å². The van der Waals surface area contributed by atoms with Gasteiger partial charge in [-0.3, -0.25) is 14.2 Å². The molecule has 4 rings (SSSR count). The molecule has 0 saturated carbocycles. The SMILES string of the molecule is CCc1ccc(CN(Cc2cccnc2)C(=O)/C=C/c2c(Cl)nc3ccccn23)cc1. The van der Waals surface area contributed by atoms with Gasteiger partial charge in [-0.05, 0) is 47.4 Å². The van der Waals surface area contributed by atoms with Gasteiger partial charge in [-0.1, -0.05) is 54.9 Å². The number of amides is 1. The first-order valence-corrected chi connectivity index (χ1v) is 10.6. The number of fused-ring (bicyclic) bond motifs is 1. The summed E-state index contributed by atoms with van der Waals surface area (Å²) in [6.07, 6.45) is 9.65. The smallest absolute Gasteiger partial charge is 0.247 e. The van der Waals surface area contributed by atoms with Crippen molar-refractivity contribution in [3.8, 4) is 0 Å². The number of halogens is 1. The molecule has 3 heterocycles.